The van der Waals surface area contributed by atoms with Crippen LogP contribution in [0.25, 0.3) is 10.9 Å². The van der Waals surface area contributed by atoms with Gasteiger partial charge in [-0.1, -0.05) is 22.0 Å². The summed E-state index contributed by atoms with van der Waals surface area (Å²) in [5.74, 6) is 1.03. The molecule has 4 rings (SSSR count). The zero-order valence-corrected chi connectivity index (χ0v) is 16.9. The van der Waals surface area contributed by atoms with E-state index in [4.69, 9.17) is 4.74 Å². The van der Waals surface area contributed by atoms with Gasteiger partial charge < -0.3 is 19.1 Å². The van der Waals surface area contributed by atoms with Gasteiger partial charge in [-0.25, -0.2) is 0 Å². The van der Waals surface area contributed by atoms with Crippen molar-refractivity contribution in [3.05, 3.63) is 59.2 Å². The van der Waals surface area contributed by atoms with E-state index in [-0.39, 0.29) is 5.91 Å². The number of anilines is 1. The first-order chi connectivity index (χ1) is 13.1. The van der Waals surface area contributed by atoms with Gasteiger partial charge in [0.15, 0.2) is 0 Å². The van der Waals surface area contributed by atoms with Crippen molar-refractivity contribution in [2.75, 3.05) is 38.2 Å². The van der Waals surface area contributed by atoms with E-state index in [9.17, 15) is 4.79 Å². The number of amides is 1. The predicted octanol–water partition coefficient (Wildman–Crippen LogP) is 3.76. The van der Waals surface area contributed by atoms with Crippen LogP contribution < -0.4 is 9.64 Å². The lowest BCUT2D eigenvalue weighted by molar-refractivity contribution is -0.132. The van der Waals surface area contributed by atoms with Crippen molar-refractivity contribution in [1.29, 1.82) is 0 Å². The fourth-order valence-corrected chi connectivity index (χ4v) is 3.90. The molecule has 6 heteroatoms. The Morgan fingerprint density at radius 2 is 1.78 bits per heavy atom. The molecule has 1 aliphatic heterocycles. The average molecular weight is 428 g/mol. The fourth-order valence-electron chi connectivity index (χ4n) is 3.55. The molecule has 0 spiro atoms. The number of hydrogen-bond acceptors (Lipinski definition) is 3. The van der Waals surface area contributed by atoms with Crippen LogP contribution >= 0.6 is 15.9 Å². The molecule has 1 aliphatic rings. The molecular formula is C21H22BrN3O2. The first-order valence-corrected chi connectivity index (χ1v) is 9.84. The molecular weight excluding hydrogens is 406 g/mol. The van der Waals surface area contributed by atoms with Crippen LogP contribution in [0.3, 0.4) is 0 Å². The van der Waals surface area contributed by atoms with Gasteiger partial charge in [0, 0.05) is 48.1 Å². The number of carbonyl (C=O) groups is 1. The van der Waals surface area contributed by atoms with E-state index in [2.05, 4.69) is 51.2 Å². The van der Waals surface area contributed by atoms with Crippen molar-refractivity contribution in [2.45, 2.75) is 6.54 Å². The van der Waals surface area contributed by atoms with E-state index in [0.29, 0.717) is 6.54 Å². The Morgan fingerprint density at radius 3 is 2.48 bits per heavy atom. The van der Waals surface area contributed by atoms with Crippen molar-refractivity contribution < 1.29 is 9.53 Å². The molecule has 0 atom stereocenters. The number of ether oxygens (including phenoxy) is 1. The second kappa shape index (κ2) is 7.64. The zero-order valence-electron chi connectivity index (χ0n) is 15.3. The lowest BCUT2D eigenvalue weighted by Crippen LogP contribution is -2.49. The zero-order chi connectivity index (χ0) is 18.8. The van der Waals surface area contributed by atoms with Crippen LogP contribution in [0.1, 0.15) is 0 Å². The Morgan fingerprint density at radius 1 is 1.04 bits per heavy atom. The molecule has 0 N–H and O–H groups in total. The van der Waals surface area contributed by atoms with Crippen molar-refractivity contribution in [1.82, 2.24) is 9.47 Å². The topological polar surface area (TPSA) is 37.7 Å². The molecule has 1 saturated heterocycles. The summed E-state index contributed by atoms with van der Waals surface area (Å²) in [6.07, 6.45) is 1.99. The Labute approximate surface area is 167 Å². The van der Waals surface area contributed by atoms with Crippen LogP contribution in [0.5, 0.6) is 5.75 Å². The van der Waals surface area contributed by atoms with E-state index in [1.807, 2.05) is 33.9 Å². The lowest BCUT2D eigenvalue weighted by atomic mass is 10.2. The SMILES string of the molecule is COc1ccc(N2CCN(C(=O)Cn3ccc4ccc(Br)cc43)CC2)cc1. The highest BCUT2D eigenvalue weighted by molar-refractivity contribution is 9.10. The third kappa shape index (κ3) is 3.81. The molecule has 0 aliphatic carbocycles. The molecule has 2 heterocycles. The van der Waals surface area contributed by atoms with Gasteiger partial charge in [-0.3, -0.25) is 4.79 Å². The largest absolute Gasteiger partial charge is 0.497 e. The standard InChI is InChI=1S/C21H22BrN3O2/c1-27-19-6-4-18(5-7-19)23-10-12-24(13-11-23)21(26)15-25-9-8-16-2-3-17(22)14-20(16)25/h2-9,14H,10-13,15H2,1H3. The van der Waals surface area contributed by atoms with Crippen LogP contribution in [0.15, 0.2) is 59.2 Å². The van der Waals surface area contributed by atoms with Gasteiger partial charge >= 0.3 is 0 Å². The lowest BCUT2D eigenvalue weighted by Gasteiger charge is -2.36. The number of halogens is 1. The Hall–Kier alpha value is -2.47. The minimum atomic E-state index is 0.168. The maximum atomic E-state index is 12.8. The molecule has 0 bridgehead atoms. The third-order valence-electron chi connectivity index (χ3n) is 5.11. The minimum absolute atomic E-state index is 0.168. The van der Waals surface area contributed by atoms with E-state index < -0.39 is 0 Å². The van der Waals surface area contributed by atoms with Crippen molar-refractivity contribution in [3.63, 3.8) is 0 Å². The Bertz CT molecular complexity index is 944. The molecule has 140 valence electrons. The smallest absolute Gasteiger partial charge is 0.242 e. The van der Waals surface area contributed by atoms with Gasteiger partial charge in [-0.2, -0.15) is 0 Å². The highest BCUT2D eigenvalue weighted by atomic mass is 79.9. The second-order valence-corrected chi connectivity index (χ2v) is 7.63. The van der Waals surface area contributed by atoms with Gasteiger partial charge in [-0.15, -0.1) is 0 Å². The molecule has 3 aromatic rings. The van der Waals surface area contributed by atoms with Crippen molar-refractivity contribution in [2.24, 2.45) is 0 Å². The van der Waals surface area contributed by atoms with Gasteiger partial charge in [0.25, 0.3) is 0 Å². The first-order valence-electron chi connectivity index (χ1n) is 9.05. The van der Waals surface area contributed by atoms with E-state index in [0.717, 1.165) is 47.3 Å². The van der Waals surface area contributed by atoms with Gasteiger partial charge in [0.05, 0.1) is 7.11 Å². The maximum Gasteiger partial charge on any atom is 0.242 e. The Kier molecular flexibility index (Phi) is 5.07. The van der Waals surface area contributed by atoms with Crippen molar-refractivity contribution in [3.8, 4) is 5.75 Å². The summed E-state index contributed by atoms with van der Waals surface area (Å²) in [5.41, 5.74) is 2.25. The minimum Gasteiger partial charge on any atom is -0.497 e. The highest BCUT2D eigenvalue weighted by Gasteiger charge is 2.21. The summed E-state index contributed by atoms with van der Waals surface area (Å²) >= 11 is 3.51. The number of fused-ring (bicyclic) bond motifs is 1. The summed E-state index contributed by atoms with van der Waals surface area (Å²) in [4.78, 5) is 17.1. The van der Waals surface area contributed by atoms with Crippen LogP contribution in [-0.2, 0) is 11.3 Å². The molecule has 0 unspecified atom stereocenters. The molecule has 5 nitrogen and oxygen atoms in total. The maximum absolute atomic E-state index is 12.8. The quantitative estimate of drug-likeness (QED) is 0.635. The van der Waals surface area contributed by atoms with E-state index in [1.165, 1.54) is 5.69 Å². The molecule has 1 amide bonds. The van der Waals surface area contributed by atoms with Crippen LogP contribution in [-0.4, -0.2) is 48.7 Å². The van der Waals surface area contributed by atoms with Crippen molar-refractivity contribution >= 4 is 38.4 Å². The molecule has 1 aromatic heterocycles. The number of benzene rings is 2. The van der Waals surface area contributed by atoms with Crippen LogP contribution in [0.4, 0.5) is 5.69 Å². The monoisotopic (exact) mass is 427 g/mol. The average Bonchev–Trinajstić information content (AvgIpc) is 3.10. The molecule has 1 fully saturated rings. The van der Waals surface area contributed by atoms with E-state index in [1.54, 1.807) is 7.11 Å². The molecule has 0 radical (unpaired) electrons. The summed E-state index contributed by atoms with van der Waals surface area (Å²) in [6, 6.07) is 16.3. The number of hydrogen-bond donors (Lipinski definition) is 0. The number of piperazine rings is 1. The fraction of sp³-hybridized carbons (Fsp3) is 0.286. The number of nitrogens with zero attached hydrogens (tertiary/aromatic N) is 3. The summed E-state index contributed by atoms with van der Waals surface area (Å²) in [7, 11) is 1.67. The predicted molar refractivity (Wildman–Crippen MR) is 111 cm³/mol. The molecule has 0 saturated carbocycles. The van der Waals surface area contributed by atoms with Gasteiger partial charge in [-0.05, 0) is 47.9 Å². The molecule has 2 aromatic carbocycles. The summed E-state index contributed by atoms with van der Waals surface area (Å²) in [6.45, 7) is 3.55. The highest BCUT2D eigenvalue weighted by Crippen LogP contribution is 2.22. The normalized spacial score (nSPS) is 14.6. The Balaban J connectivity index is 1.38. The van der Waals surface area contributed by atoms with Crippen LogP contribution in [0, 0.1) is 0 Å². The number of rotatable bonds is 4. The van der Waals surface area contributed by atoms with Crippen LogP contribution in [0.2, 0.25) is 0 Å². The summed E-state index contributed by atoms with van der Waals surface area (Å²) in [5, 5.41) is 1.15. The number of carbonyl (C=O) groups excluding carboxylic acids is 1. The van der Waals surface area contributed by atoms with Gasteiger partial charge in [0.1, 0.15) is 12.3 Å². The van der Waals surface area contributed by atoms with Gasteiger partial charge in [0.2, 0.25) is 5.91 Å². The molecule has 27 heavy (non-hydrogen) atoms. The third-order valence-corrected chi connectivity index (χ3v) is 5.60. The van der Waals surface area contributed by atoms with E-state index >= 15 is 0 Å². The first kappa shape index (κ1) is 17.9. The number of aromatic nitrogens is 1. The summed E-state index contributed by atoms with van der Waals surface area (Å²) < 4.78 is 8.27. The number of methoxy groups -OCH3 is 1. The second-order valence-electron chi connectivity index (χ2n) is 6.71.